The lowest BCUT2D eigenvalue weighted by molar-refractivity contribution is 0.0910. The van der Waals surface area contributed by atoms with Crippen LogP contribution in [-0.2, 0) is 0 Å². The third-order valence-corrected chi connectivity index (χ3v) is 3.88. The van der Waals surface area contributed by atoms with Gasteiger partial charge in [-0.2, -0.15) is 5.10 Å². The Labute approximate surface area is 130 Å². The number of nitrogens with zero attached hydrogens (tertiary/aromatic N) is 2. The lowest BCUT2D eigenvalue weighted by Crippen LogP contribution is -2.42. The maximum atomic E-state index is 12.4. The Morgan fingerprint density at radius 3 is 2.76 bits per heavy atom. The Balaban J connectivity index is 2.31. The molecular formula is C16H20ClN3O. The molecule has 112 valence electrons. The van der Waals surface area contributed by atoms with E-state index in [1.54, 1.807) is 16.9 Å². The van der Waals surface area contributed by atoms with Crippen LogP contribution in [-0.4, -0.2) is 21.2 Å². The van der Waals surface area contributed by atoms with Gasteiger partial charge in [-0.05, 0) is 45.4 Å². The summed E-state index contributed by atoms with van der Waals surface area (Å²) in [6.45, 7) is 7.92. The van der Waals surface area contributed by atoms with Gasteiger partial charge < -0.3 is 5.32 Å². The second-order valence-corrected chi connectivity index (χ2v) is 6.16. The van der Waals surface area contributed by atoms with Crippen LogP contribution in [0.15, 0.2) is 30.5 Å². The topological polar surface area (TPSA) is 46.9 Å². The first-order valence-corrected chi connectivity index (χ1v) is 7.35. The minimum Gasteiger partial charge on any atom is -0.347 e. The van der Waals surface area contributed by atoms with E-state index in [2.05, 4.69) is 10.4 Å². The monoisotopic (exact) mass is 305 g/mol. The molecule has 0 saturated heterocycles. The Morgan fingerprint density at radius 2 is 2.14 bits per heavy atom. The Bertz CT molecular complexity index is 661. The van der Waals surface area contributed by atoms with Crippen molar-refractivity contribution in [2.24, 2.45) is 0 Å². The zero-order chi connectivity index (χ0) is 15.6. The van der Waals surface area contributed by atoms with E-state index < -0.39 is 0 Å². The fraction of sp³-hybridized carbons (Fsp3) is 0.375. The molecule has 0 aliphatic rings. The van der Waals surface area contributed by atoms with Crippen molar-refractivity contribution in [1.29, 1.82) is 0 Å². The van der Waals surface area contributed by atoms with Crippen LogP contribution in [0.3, 0.4) is 0 Å². The van der Waals surface area contributed by atoms with E-state index in [1.165, 1.54) is 0 Å². The van der Waals surface area contributed by atoms with Gasteiger partial charge in [0.15, 0.2) is 0 Å². The van der Waals surface area contributed by atoms with Gasteiger partial charge in [-0.25, -0.2) is 4.68 Å². The van der Waals surface area contributed by atoms with Crippen molar-refractivity contribution >= 4 is 17.5 Å². The summed E-state index contributed by atoms with van der Waals surface area (Å²) in [5.74, 6) is -0.104. The van der Waals surface area contributed by atoms with Crippen LogP contribution in [0.4, 0.5) is 0 Å². The molecular weight excluding hydrogens is 286 g/mol. The molecule has 4 nitrogen and oxygen atoms in total. The van der Waals surface area contributed by atoms with Crippen molar-refractivity contribution in [2.45, 2.75) is 39.7 Å². The standard InChI is InChI=1S/C16H20ClN3O/c1-5-16(3,4)19-15(21)14-10-18-20(11(14)2)13-8-6-7-12(17)9-13/h6-10H,5H2,1-4H3,(H,19,21). The number of hydrogen-bond donors (Lipinski definition) is 1. The number of rotatable bonds is 4. The summed E-state index contributed by atoms with van der Waals surface area (Å²) in [4.78, 5) is 12.4. The van der Waals surface area contributed by atoms with E-state index in [0.29, 0.717) is 10.6 Å². The number of aromatic nitrogens is 2. The van der Waals surface area contributed by atoms with Crippen molar-refractivity contribution in [2.75, 3.05) is 0 Å². The predicted molar refractivity (Wildman–Crippen MR) is 85.1 cm³/mol. The zero-order valence-electron chi connectivity index (χ0n) is 12.8. The highest BCUT2D eigenvalue weighted by atomic mass is 35.5. The molecule has 2 rings (SSSR count). The number of carbonyl (C=O) groups excluding carboxylic acids is 1. The van der Waals surface area contributed by atoms with Crippen molar-refractivity contribution in [1.82, 2.24) is 15.1 Å². The van der Waals surface area contributed by atoms with Crippen molar-refractivity contribution < 1.29 is 4.79 Å². The largest absolute Gasteiger partial charge is 0.347 e. The maximum Gasteiger partial charge on any atom is 0.255 e. The predicted octanol–water partition coefficient (Wildman–Crippen LogP) is 3.75. The van der Waals surface area contributed by atoms with E-state index in [9.17, 15) is 4.79 Å². The zero-order valence-corrected chi connectivity index (χ0v) is 13.5. The average molecular weight is 306 g/mol. The number of benzene rings is 1. The van der Waals surface area contributed by atoms with E-state index in [1.807, 2.05) is 45.9 Å². The summed E-state index contributed by atoms with van der Waals surface area (Å²) in [7, 11) is 0. The number of hydrogen-bond acceptors (Lipinski definition) is 2. The van der Waals surface area contributed by atoms with E-state index in [-0.39, 0.29) is 11.4 Å². The number of nitrogens with one attached hydrogen (secondary N) is 1. The maximum absolute atomic E-state index is 12.4. The van der Waals surface area contributed by atoms with Gasteiger partial charge in [-0.3, -0.25) is 4.79 Å². The first-order valence-electron chi connectivity index (χ1n) is 6.97. The second kappa shape index (κ2) is 5.90. The van der Waals surface area contributed by atoms with E-state index >= 15 is 0 Å². The van der Waals surface area contributed by atoms with Crippen LogP contribution < -0.4 is 5.32 Å². The van der Waals surface area contributed by atoms with Crippen LogP contribution in [0.25, 0.3) is 5.69 Å². The first kappa shape index (κ1) is 15.6. The molecule has 0 bridgehead atoms. The molecule has 1 aromatic carbocycles. The molecule has 0 radical (unpaired) electrons. The molecule has 0 aliphatic heterocycles. The van der Waals surface area contributed by atoms with Crippen LogP contribution in [0.1, 0.15) is 43.2 Å². The highest BCUT2D eigenvalue weighted by Gasteiger charge is 2.22. The van der Waals surface area contributed by atoms with Crippen LogP contribution >= 0.6 is 11.6 Å². The van der Waals surface area contributed by atoms with Crippen LogP contribution in [0.2, 0.25) is 5.02 Å². The summed E-state index contributed by atoms with van der Waals surface area (Å²) in [5, 5.41) is 7.96. The smallest absolute Gasteiger partial charge is 0.255 e. The minimum absolute atomic E-state index is 0.104. The lowest BCUT2D eigenvalue weighted by atomic mass is 10.0. The molecule has 0 unspecified atom stereocenters. The van der Waals surface area contributed by atoms with E-state index in [4.69, 9.17) is 11.6 Å². The average Bonchev–Trinajstić information content (AvgIpc) is 2.80. The fourth-order valence-corrected chi connectivity index (χ4v) is 2.15. The van der Waals surface area contributed by atoms with Gasteiger partial charge in [0.05, 0.1) is 23.1 Å². The molecule has 0 fully saturated rings. The summed E-state index contributed by atoms with van der Waals surface area (Å²) in [6, 6.07) is 7.39. The lowest BCUT2D eigenvalue weighted by Gasteiger charge is -2.24. The Kier molecular flexibility index (Phi) is 4.37. The molecule has 1 heterocycles. The Hall–Kier alpha value is -1.81. The summed E-state index contributed by atoms with van der Waals surface area (Å²) >= 11 is 6.00. The van der Waals surface area contributed by atoms with Gasteiger partial charge in [0, 0.05) is 10.6 Å². The van der Waals surface area contributed by atoms with Crippen LogP contribution in [0.5, 0.6) is 0 Å². The number of carbonyl (C=O) groups is 1. The molecule has 0 saturated carbocycles. The fourth-order valence-electron chi connectivity index (χ4n) is 1.96. The molecule has 0 spiro atoms. The normalized spacial score (nSPS) is 11.5. The Morgan fingerprint density at radius 1 is 1.43 bits per heavy atom. The summed E-state index contributed by atoms with van der Waals surface area (Å²) < 4.78 is 1.72. The molecule has 1 N–H and O–H groups in total. The molecule has 2 aromatic rings. The third kappa shape index (κ3) is 3.45. The highest BCUT2D eigenvalue weighted by molar-refractivity contribution is 6.30. The van der Waals surface area contributed by atoms with Crippen molar-refractivity contribution in [3.8, 4) is 5.69 Å². The van der Waals surface area contributed by atoms with Crippen LogP contribution in [0, 0.1) is 6.92 Å². The molecule has 1 amide bonds. The van der Waals surface area contributed by atoms with Gasteiger partial charge in [-0.15, -0.1) is 0 Å². The van der Waals surface area contributed by atoms with Gasteiger partial charge in [-0.1, -0.05) is 24.6 Å². The summed E-state index contributed by atoms with van der Waals surface area (Å²) in [5.41, 5.74) is 1.98. The van der Waals surface area contributed by atoms with Gasteiger partial charge >= 0.3 is 0 Å². The van der Waals surface area contributed by atoms with Crippen molar-refractivity contribution in [3.05, 3.63) is 46.7 Å². The SMILES string of the molecule is CCC(C)(C)NC(=O)c1cnn(-c2cccc(Cl)c2)c1C. The quantitative estimate of drug-likeness (QED) is 0.935. The first-order chi connectivity index (χ1) is 9.84. The summed E-state index contributed by atoms with van der Waals surface area (Å²) in [6.07, 6.45) is 2.46. The molecule has 1 aromatic heterocycles. The molecule has 21 heavy (non-hydrogen) atoms. The molecule has 5 heteroatoms. The van der Waals surface area contributed by atoms with Gasteiger partial charge in [0.1, 0.15) is 0 Å². The minimum atomic E-state index is -0.234. The molecule has 0 aliphatic carbocycles. The number of halogens is 1. The van der Waals surface area contributed by atoms with Gasteiger partial charge in [0.25, 0.3) is 5.91 Å². The van der Waals surface area contributed by atoms with Gasteiger partial charge in [0.2, 0.25) is 0 Å². The third-order valence-electron chi connectivity index (χ3n) is 3.64. The molecule has 0 atom stereocenters. The van der Waals surface area contributed by atoms with Crippen molar-refractivity contribution in [3.63, 3.8) is 0 Å². The highest BCUT2D eigenvalue weighted by Crippen LogP contribution is 2.18. The van der Waals surface area contributed by atoms with E-state index in [0.717, 1.165) is 17.8 Å². The second-order valence-electron chi connectivity index (χ2n) is 5.73. The number of amides is 1.